The van der Waals surface area contributed by atoms with Gasteiger partial charge in [0, 0.05) is 29.3 Å². The number of carbonyl (C=O) groups excluding carboxylic acids is 2. The Labute approximate surface area is 137 Å². The molecular weight excluding hydrogens is 290 g/mol. The summed E-state index contributed by atoms with van der Waals surface area (Å²) < 4.78 is 0. The number of hydrogen-bond donors (Lipinski definition) is 3. The summed E-state index contributed by atoms with van der Waals surface area (Å²) in [5.41, 5.74) is 7.22. The molecule has 0 aromatic heterocycles. The Balaban J connectivity index is 1.54. The Morgan fingerprint density at radius 3 is 2.30 bits per heavy atom. The van der Waals surface area contributed by atoms with Crippen molar-refractivity contribution in [1.29, 1.82) is 0 Å². The second kappa shape index (κ2) is 7.13. The molecule has 2 aliphatic carbocycles. The number of anilines is 1. The largest absolute Gasteiger partial charge is 0.349 e. The minimum absolute atomic E-state index is 0.00958. The van der Waals surface area contributed by atoms with Gasteiger partial charge in [-0.15, -0.1) is 0 Å². The van der Waals surface area contributed by atoms with E-state index in [0.717, 1.165) is 37.8 Å². The number of carbonyl (C=O) groups is 2. The summed E-state index contributed by atoms with van der Waals surface area (Å²) in [5, 5.41) is 5.98. The van der Waals surface area contributed by atoms with Gasteiger partial charge in [-0.1, -0.05) is 12.8 Å². The van der Waals surface area contributed by atoms with E-state index in [4.69, 9.17) is 5.73 Å². The molecule has 124 valence electrons. The highest BCUT2D eigenvalue weighted by Crippen LogP contribution is 2.25. The minimum atomic E-state index is -0.0310. The predicted molar refractivity (Wildman–Crippen MR) is 90.1 cm³/mol. The van der Waals surface area contributed by atoms with Gasteiger partial charge in [-0.25, -0.2) is 0 Å². The molecule has 3 rings (SSSR count). The highest BCUT2D eigenvalue weighted by molar-refractivity contribution is 5.96. The molecule has 0 spiro atoms. The fourth-order valence-electron chi connectivity index (χ4n) is 3.54. The van der Waals surface area contributed by atoms with Crippen LogP contribution in [-0.2, 0) is 4.79 Å². The Morgan fingerprint density at radius 2 is 1.70 bits per heavy atom. The fraction of sp³-hybridized carbons (Fsp3) is 0.556. The molecule has 1 aromatic carbocycles. The van der Waals surface area contributed by atoms with Gasteiger partial charge in [-0.05, 0) is 56.4 Å². The maximum Gasteiger partial charge on any atom is 0.251 e. The van der Waals surface area contributed by atoms with E-state index in [1.54, 1.807) is 24.3 Å². The molecule has 0 saturated heterocycles. The normalized spacial score (nSPS) is 24.6. The molecular formula is C18H25N3O2. The van der Waals surface area contributed by atoms with E-state index >= 15 is 0 Å². The molecule has 2 saturated carbocycles. The van der Waals surface area contributed by atoms with Gasteiger partial charge in [0.2, 0.25) is 5.91 Å². The molecule has 5 heteroatoms. The lowest BCUT2D eigenvalue weighted by atomic mass is 10.1. The predicted octanol–water partition coefficient (Wildman–Crippen LogP) is 2.42. The summed E-state index contributed by atoms with van der Waals surface area (Å²) in [6.07, 6.45) is 7.06. The highest BCUT2D eigenvalue weighted by atomic mass is 16.2. The first-order valence-corrected chi connectivity index (χ1v) is 8.59. The van der Waals surface area contributed by atoms with Crippen LogP contribution < -0.4 is 16.4 Å². The van der Waals surface area contributed by atoms with E-state index in [9.17, 15) is 9.59 Å². The Hall–Kier alpha value is -1.88. The maximum atomic E-state index is 12.2. The molecule has 23 heavy (non-hydrogen) atoms. The molecule has 1 aromatic rings. The van der Waals surface area contributed by atoms with Gasteiger partial charge in [-0.2, -0.15) is 0 Å². The van der Waals surface area contributed by atoms with Gasteiger partial charge in [0.25, 0.3) is 5.91 Å². The van der Waals surface area contributed by atoms with Crippen molar-refractivity contribution in [3.05, 3.63) is 29.8 Å². The molecule has 2 amide bonds. The van der Waals surface area contributed by atoms with Gasteiger partial charge in [-0.3, -0.25) is 9.59 Å². The average molecular weight is 315 g/mol. The van der Waals surface area contributed by atoms with Crippen LogP contribution in [0.3, 0.4) is 0 Å². The van der Waals surface area contributed by atoms with E-state index in [2.05, 4.69) is 10.6 Å². The molecule has 5 nitrogen and oxygen atoms in total. The summed E-state index contributed by atoms with van der Waals surface area (Å²) >= 11 is 0. The van der Waals surface area contributed by atoms with Gasteiger partial charge in [0.05, 0.1) is 0 Å². The Morgan fingerprint density at radius 1 is 1.00 bits per heavy atom. The number of benzene rings is 1. The van der Waals surface area contributed by atoms with Crippen molar-refractivity contribution in [1.82, 2.24) is 5.32 Å². The molecule has 2 atom stereocenters. The van der Waals surface area contributed by atoms with Crippen molar-refractivity contribution in [3.63, 3.8) is 0 Å². The summed E-state index contributed by atoms with van der Waals surface area (Å²) in [4.78, 5) is 24.3. The summed E-state index contributed by atoms with van der Waals surface area (Å²) in [5.74, 6) is 0.00740. The third-order valence-electron chi connectivity index (χ3n) is 4.95. The van der Waals surface area contributed by atoms with Crippen LogP contribution in [0.1, 0.15) is 55.3 Å². The smallest absolute Gasteiger partial charge is 0.251 e. The van der Waals surface area contributed by atoms with Gasteiger partial charge >= 0.3 is 0 Å². The van der Waals surface area contributed by atoms with Crippen LogP contribution in [0.5, 0.6) is 0 Å². The fourth-order valence-corrected chi connectivity index (χ4v) is 3.54. The first-order valence-electron chi connectivity index (χ1n) is 8.59. The zero-order valence-corrected chi connectivity index (χ0v) is 13.4. The molecule has 4 N–H and O–H groups in total. The minimum Gasteiger partial charge on any atom is -0.349 e. The van der Waals surface area contributed by atoms with E-state index in [0.29, 0.717) is 11.6 Å². The molecule has 0 bridgehead atoms. The summed E-state index contributed by atoms with van der Waals surface area (Å²) in [7, 11) is 0. The average Bonchev–Trinajstić information content (AvgIpc) is 3.19. The molecule has 2 fully saturated rings. The Bertz CT molecular complexity index is 564. The molecule has 0 heterocycles. The van der Waals surface area contributed by atoms with Crippen molar-refractivity contribution >= 4 is 17.5 Å². The first-order chi connectivity index (χ1) is 11.1. The molecule has 2 aliphatic rings. The zero-order valence-electron chi connectivity index (χ0n) is 13.4. The van der Waals surface area contributed by atoms with E-state index in [1.165, 1.54) is 12.8 Å². The van der Waals surface area contributed by atoms with Crippen LogP contribution >= 0.6 is 0 Å². The van der Waals surface area contributed by atoms with Crippen LogP contribution in [0.4, 0.5) is 5.69 Å². The maximum absolute atomic E-state index is 12.2. The molecule has 0 radical (unpaired) electrons. The van der Waals surface area contributed by atoms with E-state index in [-0.39, 0.29) is 23.8 Å². The second-order valence-corrected chi connectivity index (χ2v) is 6.79. The van der Waals surface area contributed by atoms with Crippen LogP contribution in [0.25, 0.3) is 0 Å². The van der Waals surface area contributed by atoms with Crippen molar-refractivity contribution in [2.24, 2.45) is 11.7 Å². The van der Waals surface area contributed by atoms with Crippen LogP contribution in [0, 0.1) is 5.92 Å². The van der Waals surface area contributed by atoms with Gasteiger partial charge < -0.3 is 16.4 Å². The van der Waals surface area contributed by atoms with Crippen molar-refractivity contribution in [3.8, 4) is 0 Å². The summed E-state index contributed by atoms with van der Waals surface area (Å²) in [6.45, 7) is 0. The SMILES string of the molecule is NC1CCC(C(=O)Nc2ccc(C(=O)NC3CCCC3)cc2)C1. The Kier molecular flexibility index (Phi) is 4.96. The van der Waals surface area contributed by atoms with E-state index < -0.39 is 0 Å². The zero-order chi connectivity index (χ0) is 16.2. The quantitative estimate of drug-likeness (QED) is 0.798. The monoisotopic (exact) mass is 315 g/mol. The number of hydrogen-bond acceptors (Lipinski definition) is 3. The summed E-state index contributed by atoms with van der Waals surface area (Å²) in [6, 6.07) is 7.56. The second-order valence-electron chi connectivity index (χ2n) is 6.79. The number of rotatable bonds is 4. The number of nitrogens with one attached hydrogen (secondary N) is 2. The lowest BCUT2D eigenvalue weighted by molar-refractivity contribution is -0.119. The van der Waals surface area contributed by atoms with Crippen molar-refractivity contribution < 1.29 is 9.59 Å². The molecule has 0 aliphatic heterocycles. The lowest BCUT2D eigenvalue weighted by Crippen LogP contribution is -2.32. The van der Waals surface area contributed by atoms with Crippen molar-refractivity contribution in [2.75, 3.05) is 5.32 Å². The van der Waals surface area contributed by atoms with Crippen molar-refractivity contribution in [2.45, 2.75) is 57.0 Å². The lowest BCUT2D eigenvalue weighted by Gasteiger charge is -2.13. The standard InChI is InChI=1S/C18H25N3O2/c19-14-8-5-13(11-14)18(23)21-16-9-6-12(7-10-16)17(22)20-15-3-1-2-4-15/h6-7,9-10,13-15H,1-5,8,11,19H2,(H,20,22)(H,21,23). The highest BCUT2D eigenvalue weighted by Gasteiger charge is 2.27. The van der Waals surface area contributed by atoms with Crippen LogP contribution in [-0.4, -0.2) is 23.9 Å². The van der Waals surface area contributed by atoms with E-state index in [1.807, 2.05) is 0 Å². The topological polar surface area (TPSA) is 84.2 Å². The van der Waals surface area contributed by atoms with Crippen LogP contribution in [0.15, 0.2) is 24.3 Å². The third kappa shape index (κ3) is 4.10. The third-order valence-corrected chi connectivity index (χ3v) is 4.95. The molecule has 2 unspecified atom stereocenters. The number of amides is 2. The number of nitrogens with two attached hydrogens (primary N) is 1. The van der Waals surface area contributed by atoms with Gasteiger partial charge in [0.15, 0.2) is 0 Å². The van der Waals surface area contributed by atoms with Gasteiger partial charge in [0.1, 0.15) is 0 Å². The van der Waals surface area contributed by atoms with Crippen LogP contribution in [0.2, 0.25) is 0 Å². The first kappa shape index (κ1) is 16.0.